The number of halogens is 2. The average molecular weight is 379 g/mol. The van der Waals surface area contributed by atoms with Crippen molar-refractivity contribution >= 4 is 33.7 Å². The van der Waals surface area contributed by atoms with Crippen molar-refractivity contribution in [1.29, 1.82) is 0 Å². The molecule has 1 aromatic carbocycles. The van der Waals surface area contributed by atoms with Crippen molar-refractivity contribution in [2.45, 2.75) is 12.5 Å². The molecule has 0 spiro atoms. The van der Waals surface area contributed by atoms with Gasteiger partial charge in [0.15, 0.2) is 0 Å². The quantitative estimate of drug-likeness (QED) is 0.725. The van der Waals surface area contributed by atoms with Crippen LogP contribution in [0.25, 0.3) is 10.2 Å². The topological polar surface area (TPSA) is 101 Å². The second-order valence-electron chi connectivity index (χ2n) is 5.35. The zero-order chi connectivity index (χ0) is 18.8. The third-order valence-corrected chi connectivity index (χ3v) is 4.52. The summed E-state index contributed by atoms with van der Waals surface area (Å²) in [6.07, 6.45) is 0.843. The van der Waals surface area contributed by atoms with Crippen molar-refractivity contribution < 1.29 is 23.5 Å². The van der Waals surface area contributed by atoms with Crippen LogP contribution in [0.15, 0.2) is 41.3 Å². The normalized spacial score (nSPS) is 12.1. The maximum absolute atomic E-state index is 13.4. The highest BCUT2D eigenvalue weighted by atomic mass is 32.1. The second kappa shape index (κ2) is 7.00. The van der Waals surface area contributed by atoms with Gasteiger partial charge in [0.1, 0.15) is 16.5 Å². The van der Waals surface area contributed by atoms with E-state index in [4.69, 9.17) is 5.11 Å². The van der Waals surface area contributed by atoms with Gasteiger partial charge in [-0.25, -0.2) is 18.6 Å². The van der Waals surface area contributed by atoms with E-state index in [1.807, 2.05) is 0 Å². The number of hydrogen-bond acceptors (Lipinski definition) is 5. The Labute approximate surface area is 148 Å². The molecule has 0 aliphatic rings. The Morgan fingerprint density at radius 3 is 2.58 bits per heavy atom. The monoisotopic (exact) mass is 379 g/mol. The van der Waals surface area contributed by atoms with Crippen molar-refractivity contribution in [3.8, 4) is 0 Å². The fourth-order valence-electron chi connectivity index (χ4n) is 2.41. The molecule has 1 atom stereocenters. The van der Waals surface area contributed by atoms with Gasteiger partial charge in [-0.15, -0.1) is 0 Å². The van der Waals surface area contributed by atoms with Gasteiger partial charge in [0, 0.05) is 12.3 Å². The highest BCUT2D eigenvalue weighted by Crippen LogP contribution is 2.20. The number of nitrogens with zero attached hydrogens (tertiary/aromatic N) is 2. The Morgan fingerprint density at radius 1 is 1.27 bits per heavy atom. The number of carbonyl (C=O) groups is 2. The lowest BCUT2D eigenvalue weighted by Crippen LogP contribution is -2.36. The smallest absolute Gasteiger partial charge is 0.338 e. The number of amides is 1. The minimum Gasteiger partial charge on any atom is -0.481 e. The number of carboxylic acid groups (broad SMARTS) is 1. The summed E-state index contributed by atoms with van der Waals surface area (Å²) in [5, 5.41) is 11.6. The number of benzene rings is 1. The number of rotatable bonds is 4. The van der Waals surface area contributed by atoms with Gasteiger partial charge in [-0.1, -0.05) is 0 Å². The fraction of sp³-hybridized carbons (Fsp3) is 0.125. The summed E-state index contributed by atoms with van der Waals surface area (Å²) in [5.41, 5.74) is -0.680. The SMILES string of the molecule is O=C(O)CC(NC(=O)n1sc2ncccc2c1=O)c1cc(F)cc(F)c1. The third kappa shape index (κ3) is 3.59. The van der Waals surface area contributed by atoms with Crippen LogP contribution in [0, 0.1) is 11.6 Å². The lowest BCUT2D eigenvalue weighted by molar-refractivity contribution is -0.137. The molecular formula is C16H11F2N3O4S. The predicted octanol–water partition coefficient (Wildman–Crippen LogP) is 2.51. The Hall–Kier alpha value is -3.14. The van der Waals surface area contributed by atoms with Crippen molar-refractivity contribution in [3.63, 3.8) is 0 Å². The first-order valence-corrected chi connectivity index (χ1v) is 8.08. The summed E-state index contributed by atoms with van der Waals surface area (Å²) in [7, 11) is 0. The lowest BCUT2D eigenvalue weighted by Gasteiger charge is -2.17. The van der Waals surface area contributed by atoms with Gasteiger partial charge in [0.2, 0.25) is 0 Å². The van der Waals surface area contributed by atoms with Crippen LogP contribution in [0.1, 0.15) is 18.0 Å². The van der Waals surface area contributed by atoms with E-state index in [1.165, 1.54) is 12.3 Å². The number of carboxylic acids is 1. The molecule has 3 aromatic rings. The third-order valence-electron chi connectivity index (χ3n) is 3.51. The Morgan fingerprint density at radius 2 is 1.96 bits per heavy atom. The lowest BCUT2D eigenvalue weighted by atomic mass is 10.0. The molecule has 10 heteroatoms. The van der Waals surface area contributed by atoms with Crippen LogP contribution >= 0.6 is 11.5 Å². The Balaban J connectivity index is 1.95. The molecule has 1 unspecified atom stereocenters. The molecule has 2 N–H and O–H groups in total. The van der Waals surface area contributed by atoms with Crippen molar-refractivity contribution in [2.24, 2.45) is 0 Å². The predicted molar refractivity (Wildman–Crippen MR) is 89.2 cm³/mol. The summed E-state index contributed by atoms with van der Waals surface area (Å²) in [6.45, 7) is 0. The summed E-state index contributed by atoms with van der Waals surface area (Å²) in [5.74, 6) is -3.11. The number of aliphatic carboxylic acids is 1. The Kier molecular flexibility index (Phi) is 4.76. The van der Waals surface area contributed by atoms with Gasteiger partial charge >= 0.3 is 12.0 Å². The molecule has 0 radical (unpaired) electrons. The highest BCUT2D eigenvalue weighted by molar-refractivity contribution is 7.14. The molecule has 0 aliphatic heterocycles. The van der Waals surface area contributed by atoms with E-state index in [0.717, 1.165) is 27.6 Å². The van der Waals surface area contributed by atoms with E-state index < -0.39 is 41.7 Å². The van der Waals surface area contributed by atoms with E-state index in [1.54, 1.807) is 6.07 Å². The molecule has 0 saturated carbocycles. The first kappa shape index (κ1) is 17.7. The number of fused-ring (bicyclic) bond motifs is 1. The maximum Gasteiger partial charge on any atom is 0.338 e. The van der Waals surface area contributed by atoms with Crippen LogP contribution in [-0.4, -0.2) is 26.0 Å². The van der Waals surface area contributed by atoms with Crippen molar-refractivity contribution in [3.05, 3.63) is 64.1 Å². The largest absolute Gasteiger partial charge is 0.481 e. The van der Waals surface area contributed by atoms with Gasteiger partial charge in [-0.3, -0.25) is 9.59 Å². The Bertz CT molecular complexity index is 1040. The molecular weight excluding hydrogens is 368 g/mol. The number of carbonyl (C=O) groups excluding carboxylic acids is 1. The molecule has 0 aliphatic carbocycles. The highest BCUT2D eigenvalue weighted by Gasteiger charge is 2.22. The molecule has 0 fully saturated rings. The molecule has 3 rings (SSSR count). The van der Waals surface area contributed by atoms with Gasteiger partial charge in [0.25, 0.3) is 5.56 Å². The van der Waals surface area contributed by atoms with Crippen LogP contribution in [0.3, 0.4) is 0 Å². The van der Waals surface area contributed by atoms with E-state index in [9.17, 15) is 23.2 Å². The minimum absolute atomic E-state index is 0.0643. The number of pyridine rings is 1. The van der Waals surface area contributed by atoms with Crippen LogP contribution < -0.4 is 10.9 Å². The van der Waals surface area contributed by atoms with E-state index in [0.29, 0.717) is 10.9 Å². The first-order valence-electron chi connectivity index (χ1n) is 7.31. The molecule has 0 saturated heterocycles. The molecule has 2 heterocycles. The average Bonchev–Trinajstić information content (AvgIpc) is 2.90. The van der Waals surface area contributed by atoms with E-state index in [-0.39, 0.29) is 10.9 Å². The zero-order valence-electron chi connectivity index (χ0n) is 13.0. The van der Waals surface area contributed by atoms with Crippen LogP contribution in [0.5, 0.6) is 0 Å². The van der Waals surface area contributed by atoms with Gasteiger partial charge in [-0.2, -0.15) is 3.96 Å². The molecule has 7 nitrogen and oxygen atoms in total. The maximum atomic E-state index is 13.4. The van der Waals surface area contributed by atoms with Crippen LogP contribution in [0.4, 0.5) is 13.6 Å². The summed E-state index contributed by atoms with van der Waals surface area (Å²) < 4.78 is 27.6. The first-order chi connectivity index (χ1) is 12.3. The van der Waals surface area contributed by atoms with Gasteiger partial charge < -0.3 is 10.4 Å². The number of nitrogens with one attached hydrogen (secondary N) is 1. The summed E-state index contributed by atoms with van der Waals surface area (Å²) in [6, 6.07) is 3.39. The molecule has 2 aromatic heterocycles. The zero-order valence-corrected chi connectivity index (χ0v) is 13.8. The molecule has 134 valence electrons. The minimum atomic E-state index is -1.29. The molecule has 1 amide bonds. The second-order valence-corrected chi connectivity index (χ2v) is 6.28. The van der Waals surface area contributed by atoms with E-state index >= 15 is 0 Å². The summed E-state index contributed by atoms with van der Waals surface area (Å²) in [4.78, 5) is 40.1. The molecule has 26 heavy (non-hydrogen) atoms. The van der Waals surface area contributed by atoms with Gasteiger partial charge in [0.05, 0.1) is 17.8 Å². The fourth-order valence-corrected chi connectivity index (χ4v) is 3.26. The molecule has 0 bridgehead atoms. The summed E-state index contributed by atoms with van der Waals surface area (Å²) >= 11 is 0.780. The van der Waals surface area contributed by atoms with E-state index in [2.05, 4.69) is 10.3 Å². The van der Waals surface area contributed by atoms with Crippen molar-refractivity contribution in [1.82, 2.24) is 14.3 Å². The number of aromatic nitrogens is 2. The van der Waals surface area contributed by atoms with Crippen LogP contribution in [0.2, 0.25) is 0 Å². The number of hydrogen-bond donors (Lipinski definition) is 2. The standard InChI is InChI=1S/C16H11F2N3O4S/c17-9-4-8(5-10(18)6-9)12(7-13(22)23)20-16(25)21-15(24)11-2-1-3-19-14(11)26-21/h1-6,12H,7H2,(H,20,25)(H,22,23). The van der Waals surface area contributed by atoms with Gasteiger partial charge in [-0.05, 0) is 41.4 Å². The van der Waals surface area contributed by atoms with Crippen LogP contribution in [-0.2, 0) is 4.79 Å². The van der Waals surface area contributed by atoms with Crippen molar-refractivity contribution in [2.75, 3.05) is 0 Å².